The standard InChI is InChI=1S/C33H50ClN3O5/c1-4-5-11-25-23-37(22-24-9-7-6-8-10-24)32(39)42-33(25)16-20-35(21-17-33)26-14-18-36(19-15-26)31(38)29-28(40-2)13-12-27(34)30(29)41-3/h12-13,24-26H,4-11,14-23H2,1-3H3. The Morgan fingerprint density at radius 2 is 1.74 bits per heavy atom. The van der Waals surface area contributed by atoms with E-state index in [1.807, 2.05) is 9.80 Å². The first-order chi connectivity index (χ1) is 20.4. The van der Waals surface area contributed by atoms with Gasteiger partial charge in [-0.25, -0.2) is 4.79 Å². The fraction of sp³-hybridized carbons (Fsp3) is 0.758. The molecule has 8 nitrogen and oxygen atoms in total. The third-order valence-corrected chi connectivity index (χ3v) is 10.8. The molecule has 42 heavy (non-hydrogen) atoms. The molecule has 1 atom stereocenters. The predicted octanol–water partition coefficient (Wildman–Crippen LogP) is 6.64. The molecule has 1 aromatic rings. The number of unbranched alkanes of at least 4 members (excludes halogenated alkanes) is 1. The summed E-state index contributed by atoms with van der Waals surface area (Å²) in [7, 11) is 3.08. The fourth-order valence-corrected chi connectivity index (χ4v) is 8.18. The Morgan fingerprint density at radius 1 is 1.02 bits per heavy atom. The largest absolute Gasteiger partial charge is 0.496 e. The highest BCUT2D eigenvalue weighted by Gasteiger charge is 2.50. The van der Waals surface area contributed by atoms with Gasteiger partial charge in [0, 0.05) is 64.1 Å². The minimum atomic E-state index is -0.331. The van der Waals surface area contributed by atoms with Gasteiger partial charge in [-0.05, 0) is 50.2 Å². The van der Waals surface area contributed by atoms with Crippen LogP contribution in [0.3, 0.4) is 0 Å². The Hall–Kier alpha value is -2.19. The molecule has 5 rings (SSSR count). The normalized spacial score (nSPS) is 24.1. The molecule has 0 radical (unpaired) electrons. The summed E-state index contributed by atoms with van der Waals surface area (Å²) in [5.41, 5.74) is 0.0583. The second-order valence-corrected chi connectivity index (χ2v) is 13.3. The van der Waals surface area contributed by atoms with Crippen LogP contribution in [-0.4, -0.2) is 91.8 Å². The van der Waals surface area contributed by atoms with E-state index in [4.69, 9.17) is 25.8 Å². The highest BCUT2D eigenvalue weighted by Crippen LogP contribution is 2.42. The number of hydrogen-bond acceptors (Lipinski definition) is 6. The lowest BCUT2D eigenvalue weighted by Crippen LogP contribution is -2.61. The summed E-state index contributed by atoms with van der Waals surface area (Å²) in [6.07, 6.45) is 13.4. The van der Waals surface area contributed by atoms with Gasteiger partial charge in [-0.3, -0.25) is 9.69 Å². The summed E-state index contributed by atoms with van der Waals surface area (Å²) in [5, 5.41) is 0.400. The number of benzene rings is 1. The van der Waals surface area contributed by atoms with Crippen LogP contribution in [0, 0.1) is 11.8 Å². The molecule has 0 aromatic heterocycles. The van der Waals surface area contributed by atoms with Crippen molar-refractivity contribution in [2.24, 2.45) is 11.8 Å². The third-order valence-electron chi connectivity index (χ3n) is 10.5. The number of ether oxygens (including phenoxy) is 3. The van der Waals surface area contributed by atoms with Crippen molar-refractivity contribution in [1.82, 2.24) is 14.7 Å². The Kier molecular flexibility index (Phi) is 10.5. The van der Waals surface area contributed by atoms with Crippen LogP contribution in [0.15, 0.2) is 12.1 Å². The van der Waals surface area contributed by atoms with Crippen molar-refractivity contribution in [1.29, 1.82) is 0 Å². The van der Waals surface area contributed by atoms with Crippen LogP contribution in [0.5, 0.6) is 11.5 Å². The van der Waals surface area contributed by atoms with Crippen molar-refractivity contribution in [2.75, 3.05) is 53.5 Å². The number of carbonyl (C=O) groups excluding carboxylic acids is 2. The van der Waals surface area contributed by atoms with Gasteiger partial charge in [0.2, 0.25) is 0 Å². The van der Waals surface area contributed by atoms with E-state index < -0.39 is 0 Å². The van der Waals surface area contributed by atoms with Gasteiger partial charge >= 0.3 is 6.09 Å². The topological polar surface area (TPSA) is 71.6 Å². The lowest BCUT2D eigenvalue weighted by atomic mass is 9.75. The molecule has 1 aliphatic carbocycles. The number of carbonyl (C=O) groups is 2. The van der Waals surface area contributed by atoms with Crippen LogP contribution >= 0.6 is 11.6 Å². The average molecular weight is 604 g/mol. The maximum atomic E-state index is 13.5. The Bertz CT molecular complexity index is 1080. The molecule has 1 unspecified atom stereocenters. The fourth-order valence-electron chi connectivity index (χ4n) is 7.95. The quantitative estimate of drug-likeness (QED) is 0.315. The number of rotatable bonds is 9. The molecule has 4 aliphatic rings. The summed E-state index contributed by atoms with van der Waals surface area (Å²) in [5.74, 6) is 1.77. The zero-order chi connectivity index (χ0) is 29.7. The summed E-state index contributed by atoms with van der Waals surface area (Å²) in [4.78, 5) is 33.4. The molecule has 0 bridgehead atoms. The van der Waals surface area contributed by atoms with Crippen molar-refractivity contribution >= 4 is 23.6 Å². The number of methoxy groups -OCH3 is 2. The van der Waals surface area contributed by atoms with E-state index in [-0.39, 0.29) is 17.6 Å². The monoisotopic (exact) mass is 603 g/mol. The lowest BCUT2D eigenvalue weighted by Gasteiger charge is -2.52. The van der Waals surface area contributed by atoms with Gasteiger partial charge in [0.25, 0.3) is 5.91 Å². The maximum absolute atomic E-state index is 13.5. The third kappa shape index (κ3) is 6.64. The predicted molar refractivity (Wildman–Crippen MR) is 165 cm³/mol. The molecule has 4 fully saturated rings. The molecule has 2 amide bonds. The molecule has 9 heteroatoms. The molecule has 3 heterocycles. The number of nitrogens with zero attached hydrogens (tertiary/aromatic N) is 3. The summed E-state index contributed by atoms with van der Waals surface area (Å²) in [6, 6.07) is 3.83. The highest BCUT2D eigenvalue weighted by molar-refractivity contribution is 6.32. The van der Waals surface area contributed by atoms with Crippen molar-refractivity contribution in [2.45, 2.75) is 95.6 Å². The summed E-state index contributed by atoms with van der Waals surface area (Å²) in [6.45, 7) is 7.20. The number of amides is 2. The van der Waals surface area contributed by atoms with Gasteiger partial charge in [0.05, 0.1) is 19.2 Å². The second kappa shape index (κ2) is 14.1. The van der Waals surface area contributed by atoms with Crippen LogP contribution in [0.2, 0.25) is 5.02 Å². The minimum absolute atomic E-state index is 0.0829. The van der Waals surface area contributed by atoms with Crippen LogP contribution < -0.4 is 9.47 Å². The van der Waals surface area contributed by atoms with Crippen molar-refractivity contribution < 1.29 is 23.8 Å². The van der Waals surface area contributed by atoms with Crippen LogP contribution in [0.1, 0.15) is 94.3 Å². The Morgan fingerprint density at radius 3 is 2.38 bits per heavy atom. The first-order valence-corrected chi connectivity index (χ1v) is 16.7. The smallest absolute Gasteiger partial charge is 0.410 e. The summed E-state index contributed by atoms with van der Waals surface area (Å²) >= 11 is 6.33. The van der Waals surface area contributed by atoms with E-state index in [1.165, 1.54) is 52.1 Å². The van der Waals surface area contributed by atoms with Crippen molar-refractivity contribution in [3.63, 3.8) is 0 Å². The van der Waals surface area contributed by atoms with E-state index in [2.05, 4.69) is 11.8 Å². The maximum Gasteiger partial charge on any atom is 0.410 e. The molecule has 1 aromatic carbocycles. The van der Waals surface area contributed by atoms with E-state index in [0.29, 0.717) is 53.1 Å². The van der Waals surface area contributed by atoms with Gasteiger partial charge in [-0.2, -0.15) is 0 Å². The van der Waals surface area contributed by atoms with Gasteiger partial charge in [-0.1, -0.05) is 50.6 Å². The number of piperidine rings is 2. The number of halogens is 1. The lowest BCUT2D eigenvalue weighted by molar-refractivity contribution is -0.127. The van der Waals surface area contributed by atoms with Crippen molar-refractivity contribution in [3.05, 3.63) is 22.7 Å². The number of hydrogen-bond donors (Lipinski definition) is 0. The first-order valence-electron chi connectivity index (χ1n) is 16.3. The molecular formula is C33H50ClN3O5. The van der Waals surface area contributed by atoms with E-state index in [0.717, 1.165) is 58.3 Å². The molecule has 3 aliphatic heterocycles. The van der Waals surface area contributed by atoms with Crippen LogP contribution in [-0.2, 0) is 4.74 Å². The molecule has 1 saturated carbocycles. The molecule has 234 valence electrons. The first kappa shape index (κ1) is 31.2. The minimum Gasteiger partial charge on any atom is -0.496 e. The zero-order valence-corrected chi connectivity index (χ0v) is 26.6. The zero-order valence-electron chi connectivity index (χ0n) is 25.9. The summed E-state index contributed by atoms with van der Waals surface area (Å²) < 4.78 is 17.4. The van der Waals surface area contributed by atoms with Gasteiger partial charge < -0.3 is 24.0 Å². The van der Waals surface area contributed by atoms with E-state index in [1.54, 1.807) is 19.2 Å². The van der Waals surface area contributed by atoms with Crippen LogP contribution in [0.25, 0.3) is 0 Å². The molecule has 0 N–H and O–H groups in total. The number of likely N-dealkylation sites (tertiary alicyclic amines) is 2. The van der Waals surface area contributed by atoms with E-state index >= 15 is 0 Å². The van der Waals surface area contributed by atoms with Gasteiger partial charge in [0.1, 0.15) is 16.9 Å². The average Bonchev–Trinajstić information content (AvgIpc) is 3.02. The molecule has 3 saturated heterocycles. The Labute approximate surface area is 257 Å². The Balaban J connectivity index is 1.18. The molecule has 1 spiro atoms. The SMILES string of the molecule is CCCCC1CN(CC2CCCCC2)C(=O)OC12CCN(C1CCN(C(=O)c3c(OC)ccc(Cl)c3OC)CC1)CC2. The van der Waals surface area contributed by atoms with Gasteiger partial charge in [-0.15, -0.1) is 0 Å². The highest BCUT2D eigenvalue weighted by atomic mass is 35.5. The van der Waals surface area contributed by atoms with Gasteiger partial charge in [0.15, 0.2) is 5.75 Å². The van der Waals surface area contributed by atoms with E-state index in [9.17, 15) is 9.59 Å². The van der Waals surface area contributed by atoms with Crippen molar-refractivity contribution in [3.8, 4) is 11.5 Å². The molecular weight excluding hydrogens is 554 g/mol. The van der Waals surface area contributed by atoms with Crippen LogP contribution in [0.4, 0.5) is 4.79 Å². The second-order valence-electron chi connectivity index (χ2n) is 12.9.